The molecule has 0 fully saturated rings. The summed E-state index contributed by atoms with van der Waals surface area (Å²) in [7, 11) is 0. The molecule has 2 aromatic rings. The first-order valence-corrected chi connectivity index (χ1v) is 8.08. The SMILES string of the molecule is CC(=O)Nc1ccc(C(=O)N[C@H](Cc2ccc(F)c([N+](=O)[O-])c2)C(N)=O)cc1. The van der Waals surface area contributed by atoms with Crippen LogP contribution < -0.4 is 16.4 Å². The van der Waals surface area contributed by atoms with E-state index in [1.165, 1.54) is 37.3 Å². The van der Waals surface area contributed by atoms with E-state index in [1.54, 1.807) is 0 Å². The predicted octanol–water partition coefficient (Wildman–Crippen LogP) is 1.52. The van der Waals surface area contributed by atoms with Crippen LogP contribution in [-0.4, -0.2) is 28.7 Å². The maximum atomic E-state index is 13.4. The Balaban J connectivity index is 2.13. The minimum absolute atomic E-state index is 0.147. The third-order valence-electron chi connectivity index (χ3n) is 3.76. The van der Waals surface area contributed by atoms with E-state index in [-0.39, 0.29) is 23.5 Å². The molecule has 0 heterocycles. The lowest BCUT2D eigenvalue weighted by atomic mass is 10.0. The zero-order chi connectivity index (χ0) is 20.8. The van der Waals surface area contributed by atoms with Crippen LogP contribution in [0.25, 0.3) is 0 Å². The summed E-state index contributed by atoms with van der Waals surface area (Å²) in [4.78, 5) is 45.0. The minimum Gasteiger partial charge on any atom is -0.368 e. The van der Waals surface area contributed by atoms with Gasteiger partial charge in [0.05, 0.1) is 4.92 Å². The van der Waals surface area contributed by atoms with Crippen LogP contribution in [0.1, 0.15) is 22.8 Å². The number of nitrogens with one attached hydrogen (secondary N) is 2. The third kappa shape index (κ3) is 5.34. The molecule has 0 bridgehead atoms. The molecule has 0 aromatic heterocycles. The van der Waals surface area contributed by atoms with Crippen molar-refractivity contribution in [2.45, 2.75) is 19.4 Å². The molecule has 146 valence electrons. The van der Waals surface area contributed by atoms with Crippen LogP contribution in [0.5, 0.6) is 0 Å². The Hall–Kier alpha value is -3.82. The number of nitro groups is 1. The van der Waals surface area contributed by atoms with Crippen LogP contribution in [0, 0.1) is 15.9 Å². The summed E-state index contributed by atoms with van der Waals surface area (Å²) in [5.41, 5.74) is 5.54. The summed E-state index contributed by atoms with van der Waals surface area (Å²) in [6.45, 7) is 1.35. The van der Waals surface area contributed by atoms with Crippen LogP contribution in [0.4, 0.5) is 15.8 Å². The zero-order valence-corrected chi connectivity index (χ0v) is 14.8. The Morgan fingerprint density at radius 2 is 1.82 bits per heavy atom. The molecule has 0 spiro atoms. The molecule has 2 aromatic carbocycles. The van der Waals surface area contributed by atoms with E-state index < -0.39 is 34.3 Å². The Morgan fingerprint density at radius 1 is 1.18 bits per heavy atom. The smallest absolute Gasteiger partial charge is 0.305 e. The van der Waals surface area contributed by atoms with Crippen molar-refractivity contribution in [1.82, 2.24) is 5.32 Å². The highest BCUT2D eigenvalue weighted by atomic mass is 19.1. The lowest BCUT2D eigenvalue weighted by Crippen LogP contribution is -2.45. The highest BCUT2D eigenvalue weighted by molar-refractivity contribution is 5.98. The Kier molecular flexibility index (Phi) is 6.38. The highest BCUT2D eigenvalue weighted by Crippen LogP contribution is 2.19. The average molecular weight is 388 g/mol. The van der Waals surface area contributed by atoms with Gasteiger partial charge in [-0.05, 0) is 35.9 Å². The van der Waals surface area contributed by atoms with Crippen molar-refractivity contribution in [2.24, 2.45) is 5.73 Å². The van der Waals surface area contributed by atoms with Crippen molar-refractivity contribution < 1.29 is 23.7 Å². The predicted molar refractivity (Wildman–Crippen MR) is 98.0 cm³/mol. The number of rotatable bonds is 7. The maximum Gasteiger partial charge on any atom is 0.305 e. The first kappa shape index (κ1) is 20.5. The number of nitrogens with zero attached hydrogens (tertiary/aromatic N) is 1. The second kappa shape index (κ2) is 8.71. The van der Waals surface area contributed by atoms with E-state index in [2.05, 4.69) is 10.6 Å². The zero-order valence-electron chi connectivity index (χ0n) is 14.8. The van der Waals surface area contributed by atoms with Gasteiger partial charge in [-0.25, -0.2) is 0 Å². The number of nitrogens with two attached hydrogens (primary N) is 1. The first-order valence-electron chi connectivity index (χ1n) is 8.08. The molecular weight excluding hydrogens is 371 g/mol. The first-order chi connectivity index (χ1) is 13.2. The van der Waals surface area contributed by atoms with Crippen LogP contribution in [0.15, 0.2) is 42.5 Å². The number of amides is 3. The van der Waals surface area contributed by atoms with Crippen LogP contribution in [-0.2, 0) is 16.0 Å². The maximum absolute atomic E-state index is 13.4. The number of hydrogen-bond acceptors (Lipinski definition) is 5. The molecule has 0 aliphatic heterocycles. The quantitative estimate of drug-likeness (QED) is 0.486. The van der Waals surface area contributed by atoms with Gasteiger partial charge >= 0.3 is 5.69 Å². The topological polar surface area (TPSA) is 144 Å². The fourth-order valence-corrected chi connectivity index (χ4v) is 2.43. The minimum atomic E-state index is -1.16. The number of carbonyl (C=O) groups is 3. The molecule has 0 saturated heterocycles. The number of carbonyl (C=O) groups excluding carboxylic acids is 3. The molecule has 0 aliphatic carbocycles. The Bertz CT molecular complexity index is 930. The number of anilines is 1. The number of halogens is 1. The lowest BCUT2D eigenvalue weighted by molar-refractivity contribution is -0.387. The van der Waals surface area contributed by atoms with Crippen LogP contribution >= 0.6 is 0 Å². The largest absolute Gasteiger partial charge is 0.368 e. The van der Waals surface area contributed by atoms with E-state index in [4.69, 9.17) is 5.73 Å². The highest BCUT2D eigenvalue weighted by Gasteiger charge is 2.22. The van der Waals surface area contributed by atoms with E-state index >= 15 is 0 Å². The Labute approximate surface area is 158 Å². The van der Waals surface area contributed by atoms with E-state index in [0.717, 1.165) is 12.1 Å². The van der Waals surface area contributed by atoms with Gasteiger partial charge in [-0.3, -0.25) is 24.5 Å². The van der Waals surface area contributed by atoms with E-state index in [9.17, 15) is 28.9 Å². The molecule has 28 heavy (non-hydrogen) atoms. The van der Waals surface area contributed by atoms with Crippen LogP contribution in [0.3, 0.4) is 0 Å². The van der Waals surface area contributed by atoms with Crippen molar-refractivity contribution in [3.63, 3.8) is 0 Å². The summed E-state index contributed by atoms with van der Waals surface area (Å²) >= 11 is 0. The van der Waals surface area contributed by atoms with Gasteiger partial charge in [0.2, 0.25) is 17.6 Å². The van der Waals surface area contributed by atoms with E-state index in [0.29, 0.717) is 5.69 Å². The molecule has 10 heteroatoms. The monoisotopic (exact) mass is 388 g/mol. The van der Waals surface area contributed by atoms with Gasteiger partial charge in [0.15, 0.2) is 0 Å². The Morgan fingerprint density at radius 3 is 2.36 bits per heavy atom. The standard InChI is InChI=1S/C18H17FN4O5/c1-10(24)21-13-5-3-12(4-6-13)18(26)22-15(17(20)25)8-11-2-7-14(19)16(9-11)23(27)28/h2-7,9,15H,8H2,1H3,(H2,20,25)(H,21,24)(H,22,26)/t15-/m1/s1. The van der Waals surface area contributed by atoms with Crippen molar-refractivity contribution in [3.8, 4) is 0 Å². The van der Waals surface area contributed by atoms with Crippen LogP contribution in [0.2, 0.25) is 0 Å². The summed E-state index contributed by atoms with van der Waals surface area (Å²) in [5.74, 6) is -2.72. The normalized spacial score (nSPS) is 11.4. The average Bonchev–Trinajstić information content (AvgIpc) is 2.62. The number of nitro benzene ring substituents is 1. The fourth-order valence-electron chi connectivity index (χ4n) is 2.43. The van der Waals surface area contributed by atoms with Crippen molar-refractivity contribution in [2.75, 3.05) is 5.32 Å². The fraction of sp³-hybridized carbons (Fsp3) is 0.167. The molecule has 0 radical (unpaired) electrons. The van der Waals surface area contributed by atoms with Gasteiger partial charge in [0, 0.05) is 30.7 Å². The number of benzene rings is 2. The van der Waals surface area contributed by atoms with Gasteiger partial charge in [-0.1, -0.05) is 6.07 Å². The van der Waals surface area contributed by atoms with Gasteiger partial charge < -0.3 is 16.4 Å². The van der Waals surface area contributed by atoms with Gasteiger partial charge in [0.25, 0.3) is 5.91 Å². The summed E-state index contributed by atoms with van der Waals surface area (Å²) in [6, 6.07) is 7.92. The molecule has 0 saturated carbocycles. The number of primary amides is 1. The summed E-state index contributed by atoms with van der Waals surface area (Å²) < 4.78 is 13.4. The van der Waals surface area contributed by atoms with Gasteiger partial charge in [-0.2, -0.15) is 4.39 Å². The summed E-state index contributed by atoms with van der Waals surface area (Å²) in [5, 5.41) is 15.8. The molecule has 4 N–H and O–H groups in total. The van der Waals surface area contributed by atoms with Gasteiger partial charge in [0.1, 0.15) is 6.04 Å². The van der Waals surface area contributed by atoms with Crippen molar-refractivity contribution in [1.29, 1.82) is 0 Å². The van der Waals surface area contributed by atoms with Crippen molar-refractivity contribution >= 4 is 29.1 Å². The number of hydrogen-bond donors (Lipinski definition) is 3. The molecule has 2 rings (SSSR count). The lowest BCUT2D eigenvalue weighted by Gasteiger charge is -2.16. The molecular formula is C18H17FN4O5. The molecule has 0 unspecified atom stereocenters. The second-order valence-corrected chi connectivity index (χ2v) is 5.93. The van der Waals surface area contributed by atoms with Crippen molar-refractivity contribution in [3.05, 3.63) is 69.5 Å². The van der Waals surface area contributed by atoms with E-state index in [1.807, 2.05) is 0 Å². The third-order valence-corrected chi connectivity index (χ3v) is 3.76. The summed E-state index contributed by atoms with van der Waals surface area (Å²) in [6.07, 6.45) is -0.147. The molecule has 3 amide bonds. The second-order valence-electron chi connectivity index (χ2n) is 5.93. The van der Waals surface area contributed by atoms with Gasteiger partial charge in [-0.15, -0.1) is 0 Å². The molecule has 0 aliphatic rings. The molecule has 9 nitrogen and oxygen atoms in total. The molecule has 1 atom stereocenters.